The average molecular weight is 469 g/mol. The van der Waals surface area contributed by atoms with Gasteiger partial charge in [-0.3, -0.25) is 9.36 Å². The number of carbonyl (C=O) groups excluding carboxylic acids is 1. The summed E-state index contributed by atoms with van der Waals surface area (Å²) in [6, 6.07) is 16.1. The van der Waals surface area contributed by atoms with Crippen molar-refractivity contribution in [2.24, 2.45) is 0 Å². The molecule has 0 saturated heterocycles. The standard InChI is InChI=1S/C22H21BrN4OS/c1-3-13-27-20(17-8-10-18(23)11-9-17)24-25-22(27)29-15(2)21(28)26-14-12-16-6-4-5-7-19(16)26/h3-11,15H,1,12-14H2,2H3. The minimum atomic E-state index is -0.272. The van der Waals surface area contributed by atoms with Crippen molar-refractivity contribution >= 4 is 39.3 Å². The number of hydrogen-bond acceptors (Lipinski definition) is 4. The number of rotatable bonds is 6. The first-order valence-corrected chi connectivity index (χ1v) is 11.1. The molecule has 1 aliphatic heterocycles. The maximum Gasteiger partial charge on any atom is 0.240 e. The Bertz CT molecular complexity index is 1050. The first-order chi connectivity index (χ1) is 14.1. The van der Waals surface area contributed by atoms with E-state index in [9.17, 15) is 4.79 Å². The lowest BCUT2D eigenvalue weighted by Gasteiger charge is -2.21. The Hall–Kier alpha value is -2.38. The number of benzene rings is 2. The molecule has 1 aliphatic rings. The van der Waals surface area contributed by atoms with Gasteiger partial charge in [-0.15, -0.1) is 16.8 Å². The maximum absolute atomic E-state index is 13.1. The molecule has 0 saturated carbocycles. The van der Waals surface area contributed by atoms with Gasteiger partial charge in [-0.1, -0.05) is 64.1 Å². The molecule has 0 aliphatic carbocycles. The Morgan fingerprint density at radius 2 is 2.00 bits per heavy atom. The first-order valence-electron chi connectivity index (χ1n) is 9.44. The Morgan fingerprint density at radius 1 is 1.24 bits per heavy atom. The molecule has 4 rings (SSSR count). The minimum Gasteiger partial charge on any atom is -0.311 e. The molecule has 1 atom stereocenters. The highest BCUT2D eigenvalue weighted by molar-refractivity contribution is 9.10. The Kier molecular flexibility index (Phi) is 5.87. The molecule has 1 aromatic heterocycles. The third-order valence-corrected chi connectivity index (χ3v) is 6.51. The highest BCUT2D eigenvalue weighted by Crippen LogP contribution is 2.32. The number of allylic oxidation sites excluding steroid dienone is 1. The molecule has 7 heteroatoms. The molecular weight excluding hydrogens is 448 g/mol. The molecule has 29 heavy (non-hydrogen) atoms. The van der Waals surface area contributed by atoms with Crippen LogP contribution in [0.15, 0.2) is 70.8 Å². The van der Waals surface area contributed by atoms with Crippen LogP contribution in [-0.2, 0) is 17.8 Å². The molecule has 2 aromatic carbocycles. The summed E-state index contributed by atoms with van der Waals surface area (Å²) in [5, 5.41) is 9.20. The fraction of sp³-hybridized carbons (Fsp3) is 0.227. The number of thioether (sulfide) groups is 1. The second kappa shape index (κ2) is 8.55. The zero-order chi connectivity index (χ0) is 20.4. The molecule has 0 fully saturated rings. The second-order valence-electron chi connectivity index (χ2n) is 6.84. The van der Waals surface area contributed by atoms with Crippen LogP contribution in [0.4, 0.5) is 5.69 Å². The number of anilines is 1. The predicted octanol–water partition coefficient (Wildman–Crippen LogP) is 4.96. The molecule has 1 unspecified atom stereocenters. The topological polar surface area (TPSA) is 51.0 Å². The van der Waals surface area contributed by atoms with E-state index in [1.807, 2.05) is 64.9 Å². The molecule has 5 nitrogen and oxygen atoms in total. The van der Waals surface area contributed by atoms with Gasteiger partial charge in [0.2, 0.25) is 5.91 Å². The van der Waals surface area contributed by atoms with Crippen molar-refractivity contribution in [3.8, 4) is 11.4 Å². The van der Waals surface area contributed by atoms with Gasteiger partial charge in [-0.2, -0.15) is 0 Å². The lowest BCUT2D eigenvalue weighted by Crippen LogP contribution is -2.35. The second-order valence-corrected chi connectivity index (χ2v) is 9.06. The van der Waals surface area contributed by atoms with Gasteiger partial charge in [-0.05, 0) is 37.1 Å². The summed E-state index contributed by atoms with van der Waals surface area (Å²) in [4.78, 5) is 15.0. The van der Waals surface area contributed by atoms with Gasteiger partial charge in [0.25, 0.3) is 0 Å². The van der Waals surface area contributed by atoms with Crippen LogP contribution in [0.3, 0.4) is 0 Å². The third-order valence-electron chi connectivity index (χ3n) is 4.91. The number of aromatic nitrogens is 3. The minimum absolute atomic E-state index is 0.0956. The van der Waals surface area contributed by atoms with Gasteiger partial charge in [-0.25, -0.2) is 0 Å². The fourth-order valence-electron chi connectivity index (χ4n) is 3.48. The number of hydrogen-bond donors (Lipinski definition) is 0. The van der Waals surface area contributed by atoms with Crippen LogP contribution in [0.5, 0.6) is 0 Å². The van der Waals surface area contributed by atoms with Gasteiger partial charge >= 0.3 is 0 Å². The fourth-order valence-corrected chi connectivity index (χ4v) is 4.66. The summed E-state index contributed by atoms with van der Waals surface area (Å²) < 4.78 is 3.01. The van der Waals surface area contributed by atoms with Gasteiger partial charge in [0, 0.05) is 28.8 Å². The zero-order valence-electron chi connectivity index (χ0n) is 16.1. The molecule has 2 heterocycles. The third kappa shape index (κ3) is 4.02. The van der Waals surface area contributed by atoms with E-state index in [4.69, 9.17) is 0 Å². The van der Waals surface area contributed by atoms with E-state index in [2.05, 4.69) is 38.8 Å². The quantitative estimate of drug-likeness (QED) is 0.378. The normalized spacial score (nSPS) is 13.9. The number of nitrogens with zero attached hydrogens (tertiary/aromatic N) is 4. The summed E-state index contributed by atoms with van der Waals surface area (Å²) in [7, 11) is 0. The maximum atomic E-state index is 13.1. The Balaban J connectivity index is 1.57. The van der Waals surface area contributed by atoms with Crippen molar-refractivity contribution in [2.75, 3.05) is 11.4 Å². The molecule has 0 spiro atoms. The highest BCUT2D eigenvalue weighted by atomic mass is 79.9. The van der Waals surface area contributed by atoms with Crippen LogP contribution in [0.25, 0.3) is 11.4 Å². The average Bonchev–Trinajstić information content (AvgIpc) is 3.33. The van der Waals surface area contributed by atoms with E-state index < -0.39 is 0 Å². The number of para-hydroxylation sites is 1. The van der Waals surface area contributed by atoms with Crippen LogP contribution in [-0.4, -0.2) is 32.5 Å². The molecule has 0 bridgehead atoms. The van der Waals surface area contributed by atoms with Crippen LogP contribution in [0, 0.1) is 0 Å². The summed E-state index contributed by atoms with van der Waals surface area (Å²) in [5.74, 6) is 0.865. The van der Waals surface area contributed by atoms with Crippen molar-refractivity contribution in [3.05, 3.63) is 71.2 Å². The lowest BCUT2D eigenvalue weighted by atomic mass is 10.2. The summed E-state index contributed by atoms with van der Waals surface area (Å²) >= 11 is 4.90. The van der Waals surface area contributed by atoms with Gasteiger partial charge in [0.15, 0.2) is 11.0 Å². The number of amides is 1. The molecular formula is C22H21BrN4OS. The summed E-state index contributed by atoms with van der Waals surface area (Å²) in [6.07, 6.45) is 2.72. The van der Waals surface area contributed by atoms with Crippen molar-refractivity contribution in [2.45, 2.75) is 30.3 Å². The largest absolute Gasteiger partial charge is 0.311 e. The highest BCUT2D eigenvalue weighted by Gasteiger charge is 2.29. The van der Waals surface area contributed by atoms with E-state index >= 15 is 0 Å². The van der Waals surface area contributed by atoms with Gasteiger partial charge < -0.3 is 4.90 Å². The first kappa shape index (κ1) is 19.9. The van der Waals surface area contributed by atoms with Crippen molar-refractivity contribution in [3.63, 3.8) is 0 Å². The Morgan fingerprint density at radius 3 is 2.76 bits per heavy atom. The van der Waals surface area contributed by atoms with Crippen molar-refractivity contribution in [1.29, 1.82) is 0 Å². The van der Waals surface area contributed by atoms with Gasteiger partial charge in [0.05, 0.1) is 5.25 Å². The number of halogens is 1. The summed E-state index contributed by atoms with van der Waals surface area (Å²) in [5.41, 5.74) is 3.22. The number of fused-ring (bicyclic) bond motifs is 1. The molecule has 0 N–H and O–H groups in total. The zero-order valence-corrected chi connectivity index (χ0v) is 18.5. The van der Waals surface area contributed by atoms with Crippen LogP contribution in [0.1, 0.15) is 12.5 Å². The molecule has 0 radical (unpaired) electrons. The van der Waals surface area contributed by atoms with Crippen molar-refractivity contribution < 1.29 is 4.79 Å². The van der Waals surface area contributed by atoms with Crippen LogP contribution >= 0.6 is 27.7 Å². The number of carbonyl (C=O) groups is 1. The molecule has 1 amide bonds. The van der Waals surface area contributed by atoms with Crippen molar-refractivity contribution in [1.82, 2.24) is 14.8 Å². The van der Waals surface area contributed by atoms with E-state index in [1.165, 1.54) is 17.3 Å². The monoisotopic (exact) mass is 468 g/mol. The smallest absolute Gasteiger partial charge is 0.240 e. The van der Waals surface area contributed by atoms with Crippen LogP contribution < -0.4 is 4.90 Å². The van der Waals surface area contributed by atoms with E-state index in [0.29, 0.717) is 6.54 Å². The van der Waals surface area contributed by atoms with E-state index in [-0.39, 0.29) is 11.2 Å². The molecule has 3 aromatic rings. The Labute approximate surface area is 183 Å². The van der Waals surface area contributed by atoms with Crippen LogP contribution in [0.2, 0.25) is 0 Å². The molecule has 148 valence electrons. The van der Waals surface area contributed by atoms with Gasteiger partial charge in [0.1, 0.15) is 0 Å². The summed E-state index contributed by atoms with van der Waals surface area (Å²) in [6.45, 7) is 7.10. The lowest BCUT2D eigenvalue weighted by molar-refractivity contribution is -0.117. The van der Waals surface area contributed by atoms with E-state index in [0.717, 1.165) is 39.7 Å². The van der Waals surface area contributed by atoms with E-state index in [1.54, 1.807) is 0 Å². The predicted molar refractivity (Wildman–Crippen MR) is 121 cm³/mol. The SMILES string of the molecule is C=CCn1c(SC(C)C(=O)N2CCc3ccccc32)nnc1-c1ccc(Br)cc1.